The van der Waals surface area contributed by atoms with Crippen molar-refractivity contribution < 1.29 is 0 Å². The Morgan fingerprint density at radius 1 is 0.357 bits per heavy atom. The SMILES string of the molecule is CC(C)C12CC(C1)C2.CC(C)C12CC3CC(CC(C3)C1)C2.CC(C)C1CC2CCC1C2.CC(C)C1CCC2CCC1C2. The van der Waals surface area contributed by atoms with E-state index in [2.05, 4.69) is 55.4 Å². The minimum atomic E-state index is 0.800. The zero-order valence-corrected chi connectivity index (χ0v) is 29.8. The molecule has 0 aromatic heterocycles. The van der Waals surface area contributed by atoms with Crippen molar-refractivity contribution in [2.45, 2.75) is 171 Å². The molecule has 0 amide bonds. The fourth-order valence-corrected chi connectivity index (χ4v) is 13.6. The quantitative estimate of drug-likeness (QED) is 0.311. The van der Waals surface area contributed by atoms with E-state index in [0.29, 0.717) is 0 Å². The lowest BCUT2D eigenvalue weighted by Gasteiger charge is -2.64. The molecule has 42 heavy (non-hydrogen) atoms. The van der Waals surface area contributed by atoms with Gasteiger partial charge < -0.3 is 0 Å². The average molecular weight is 579 g/mol. The van der Waals surface area contributed by atoms with Gasteiger partial charge in [-0.3, -0.25) is 0 Å². The second-order valence-corrected chi connectivity index (χ2v) is 19.9. The molecule has 0 N–H and O–H groups in total. The first kappa shape index (κ1) is 32.0. The van der Waals surface area contributed by atoms with Crippen LogP contribution >= 0.6 is 0 Å². The van der Waals surface area contributed by atoms with Gasteiger partial charge in [0.2, 0.25) is 0 Å². The molecular weight excluding hydrogens is 504 g/mol. The Morgan fingerprint density at radius 3 is 1.10 bits per heavy atom. The van der Waals surface area contributed by atoms with Gasteiger partial charge in [-0.15, -0.1) is 0 Å². The van der Waals surface area contributed by atoms with Crippen LogP contribution in [0.5, 0.6) is 0 Å². The molecule has 0 spiro atoms. The molecule has 11 rings (SSSR count). The highest BCUT2D eigenvalue weighted by Gasteiger charge is 2.57. The molecule has 11 saturated carbocycles. The highest BCUT2D eigenvalue weighted by molar-refractivity contribution is 5.08. The second kappa shape index (κ2) is 12.7. The smallest absolute Gasteiger partial charge is 0.0267 e. The van der Waals surface area contributed by atoms with Crippen LogP contribution in [0.25, 0.3) is 0 Å². The van der Waals surface area contributed by atoms with Gasteiger partial charge in [0.05, 0.1) is 0 Å². The molecule has 0 nitrogen and oxygen atoms in total. The highest BCUT2D eigenvalue weighted by Crippen LogP contribution is 2.68. The zero-order chi connectivity index (χ0) is 29.8. The lowest BCUT2D eigenvalue weighted by molar-refractivity contribution is -0.141. The largest absolute Gasteiger partial charge is 0.0625 e. The van der Waals surface area contributed by atoms with E-state index in [4.69, 9.17) is 0 Å². The Kier molecular flexibility index (Phi) is 9.63. The second-order valence-electron chi connectivity index (χ2n) is 19.9. The summed E-state index contributed by atoms with van der Waals surface area (Å²) in [5.74, 6) is 15.1. The molecule has 11 aliphatic carbocycles. The van der Waals surface area contributed by atoms with Gasteiger partial charge >= 0.3 is 0 Å². The Balaban J connectivity index is 0.000000102. The van der Waals surface area contributed by atoms with Gasteiger partial charge in [0.15, 0.2) is 0 Å². The lowest BCUT2D eigenvalue weighted by atomic mass is 9.41. The topological polar surface area (TPSA) is 0 Å². The lowest BCUT2D eigenvalue weighted by Crippen LogP contribution is -2.54. The molecule has 0 heteroatoms. The maximum Gasteiger partial charge on any atom is -0.0267 e. The first-order valence-electron chi connectivity index (χ1n) is 19.9. The van der Waals surface area contributed by atoms with E-state index in [1.807, 2.05) is 0 Å². The standard InChI is InChI=1S/C13H22.C11H20.C10H18.C8H14/c1-9(2)13-6-10-3-11(7-13)5-12(4-10)8-13;1-8(2)11-6-4-9-3-5-10(11)7-9;1-7(2)10-6-8-3-4-9(10)5-8;1-6(2)8-3-7(4-8)5-8/h9-12H,3-8H2,1-2H3;8-11H,3-7H2,1-2H3;7-10H,3-6H2,1-2H3;6-7H,3-5H2,1-2H3. The Hall–Kier alpha value is 0. The summed E-state index contributed by atoms with van der Waals surface area (Å²) in [6, 6.07) is 0. The maximum absolute atomic E-state index is 2.47. The Bertz CT molecular complexity index is 822. The van der Waals surface area contributed by atoms with Gasteiger partial charge in [-0.05, 0) is 190 Å². The van der Waals surface area contributed by atoms with Crippen LogP contribution in [0.3, 0.4) is 0 Å². The van der Waals surface area contributed by atoms with E-state index in [1.165, 1.54) is 6.42 Å². The Labute approximate surface area is 264 Å². The minimum Gasteiger partial charge on any atom is -0.0625 e. The van der Waals surface area contributed by atoms with Crippen LogP contribution in [0.4, 0.5) is 0 Å². The fourth-order valence-electron chi connectivity index (χ4n) is 13.6. The summed E-state index contributed by atoms with van der Waals surface area (Å²) >= 11 is 0. The monoisotopic (exact) mass is 579 g/mol. The number of rotatable bonds is 4. The molecule has 6 unspecified atom stereocenters. The summed E-state index contributed by atoms with van der Waals surface area (Å²) in [4.78, 5) is 0. The van der Waals surface area contributed by atoms with Crippen LogP contribution < -0.4 is 0 Å². The molecule has 0 saturated heterocycles. The summed E-state index contributed by atoms with van der Waals surface area (Å²) in [5, 5.41) is 0. The summed E-state index contributed by atoms with van der Waals surface area (Å²) in [6.45, 7) is 19.3. The summed E-state index contributed by atoms with van der Waals surface area (Å²) in [6.07, 6.45) is 28.2. The predicted molar refractivity (Wildman–Crippen MR) is 182 cm³/mol. The van der Waals surface area contributed by atoms with Crippen molar-refractivity contribution in [2.24, 2.45) is 93.7 Å². The molecule has 0 aromatic rings. The van der Waals surface area contributed by atoms with Crippen molar-refractivity contribution in [3.05, 3.63) is 0 Å². The predicted octanol–water partition coefficient (Wildman–Crippen LogP) is 12.8. The van der Waals surface area contributed by atoms with E-state index >= 15 is 0 Å². The van der Waals surface area contributed by atoms with Crippen LogP contribution in [-0.4, -0.2) is 0 Å². The maximum atomic E-state index is 2.47. The molecule has 11 fully saturated rings. The van der Waals surface area contributed by atoms with Crippen molar-refractivity contribution in [3.63, 3.8) is 0 Å². The molecule has 0 aliphatic heterocycles. The van der Waals surface area contributed by atoms with Gasteiger partial charge in [-0.25, -0.2) is 0 Å². The van der Waals surface area contributed by atoms with E-state index < -0.39 is 0 Å². The molecule has 11 aliphatic rings. The van der Waals surface area contributed by atoms with Crippen LogP contribution in [0, 0.1) is 93.7 Å². The minimum absolute atomic E-state index is 0.800. The third kappa shape index (κ3) is 6.47. The summed E-state index contributed by atoms with van der Waals surface area (Å²) in [7, 11) is 0. The third-order valence-electron chi connectivity index (χ3n) is 16.2. The van der Waals surface area contributed by atoms with E-state index in [0.717, 1.165) is 93.7 Å². The summed E-state index contributed by atoms with van der Waals surface area (Å²) < 4.78 is 0. The first-order valence-corrected chi connectivity index (χ1v) is 19.9. The zero-order valence-electron chi connectivity index (χ0n) is 29.8. The van der Waals surface area contributed by atoms with Crippen molar-refractivity contribution >= 4 is 0 Å². The molecule has 10 bridgehead atoms. The van der Waals surface area contributed by atoms with E-state index in [-0.39, 0.29) is 0 Å². The fraction of sp³-hybridized carbons (Fsp3) is 1.00. The first-order chi connectivity index (χ1) is 19.9. The van der Waals surface area contributed by atoms with Gasteiger partial charge in [0, 0.05) is 0 Å². The van der Waals surface area contributed by atoms with Gasteiger partial charge in [0.25, 0.3) is 0 Å². The van der Waals surface area contributed by atoms with Gasteiger partial charge in [0.1, 0.15) is 0 Å². The average Bonchev–Trinajstić information content (AvgIpc) is 3.59. The van der Waals surface area contributed by atoms with Crippen LogP contribution in [0.15, 0.2) is 0 Å². The summed E-state index contributed by atoms with van der Waals surface area (Å²) in [5.41, 5.74) is 1.67. The molecule has 0 aromatic carbocycles. The van der Waals surface area contributed by atoms with Gasteiger partial charge in [-0.1, -0.05) is 74.7 Å². The van der Waals surface area contributed by atoms with Crippen molar-refractivity contribution in [1.82, 2.24) is 0 Å². The Morgan fingerprint density at radius 2 is 0.762 bits per heavy atom. The van der Waals surface area contributed by atoms with Crippen LogP contribution in [0.2, 0.25) is 0 Å². The van der Waals surface area contributed by atoms with Crippen molar-refractivity contribution in [2.75, 3.05) is 0 Å². The number of hydrogen-bond acceptors (Lipinski definition) is 0. The van der Waals surface area contributed by atoms with Gasteiger partial charge in [-0.2, -0.15) is 0 Å². The molecule has 0 radical (unpaired) electrons. The number of fused-ring (bicyclic) bond motifs is 4. The van der Waals surface area contributed by atoms with E-state index in [9.17, 15) is 0 Å². The highest BCUT2D eigenvalue weighted by atomic mass is 14.6. The van der Waals surface area contributed by atoms with Crippen LogP contribution in [-0.2, 0) is 0 Å². The van der Waals surface area contributed by atoms with E-state index in [1.54, 1.807) is 109 Å². The molecule has 242 valence electrons. The third-order valence-corrected chi connectivity index (χ3v) is 16.2. The van der Waals surface area contributed by atoms with Crippen molar-refractivity contribution in [3.8, 4) is 0 Å². The van der Waals surface area contributed by atoms with Crippen LogP contribution in [0.1, 0.15) is 171 Å². The molecule has 6 atom stereocenters. The van der Waals surface area contributed by atoms with Crippen molar-refractivity contribution in [1.29, 1.82) is 0 Å². The molecule has 0 heterocycles. The normalized spacial score (nSPS) is 48.3. The number of hydrogen-bond donors (Lipinski definition) is 0. The molecular formula is C42H74.